The Labute approximate surface area is 165 Å². The van der Waals surface area contributed by atoms with Crippen molar-refractivity contribution < 1.29 is 9.53 Å². The summed E-state index contributed by atoms with van der Waals surface area (Å²) >= 11 is 0. The van der Waals surface area contributed by atoms with Gasteiger partial charge in [0, 0.05) is 11.3 Å². The summed E-state index contributed by atoms with van der Waals surface area (Å²) < 4.78 is 7.66. The van der Waals surface area contributed by atoms with Crippen LogP contribution in [0, 0.1) is 6.92 Å². The molecule has 4 rings (SSSR count). The van der Waals surface area contributed by atoms with E-state index in [4.69, 9.17) is 4.74 Å². The number of aryl methyl sites for hydroxylation is 1. The van der Waals surface area contributed by atoms with Gasteiger partial charge < -0.3 is 10.1 Å². The van der Waals surface area contributed by atoms with Crippen LogP contribution in [0.5, 0.6) is 5.75 Å². The fraction of sp³-hybridized carbons (Fsp3) is 0.304. The first kappa shape index (κ1) is 18.3. The van der Waals surface area contributed by atoms with Crippen molar-refractivity contribution in [2.24, 2.45) is 0 Å². The average molecular weight is 375 g/mol. The minimum atomic E-state index is -0.103. The molecular formula is C23H25N3O2. The van der Waals surface area contributed by atoms with Gasteiger partial charge in [0.2, 0.25) is 0 Å². The molecule has 3 aromatic rings. The molecule has 5 nitrogen and oxygen atoms in total. The SMILES string of the molecule is Cc1ccc(OCC(=O)NC2CCCc3c2cnn3Cc2ccccc2)cc1. The zero-order chi connectivity index (χ0) is 19.3. The van der Waals surface area contributed by atoms with Gasteiger partial charge in [-0.3, -0.25) is 9.48 Å². The van der Waals surface area contributed by atoms with Crippen molar-refractivity contribution in [2.45, 2.75) is 38.8 Å². The summed E-state index contributed by atoms with van der Waals surface area (Å²) in [5.41, 5.74) is 4.75. The van der Waals surface area contributed by atoms with Crippen molar-refractivity contribution in [3.8, 4) is 5.75 Å². The molecule has 1 amide bonds. The van der Waals surface area contributed by atoms with Crippen molar-refractivity contribution in [3.05, 3.63) is 83.2 Å². The van der Waals surface area contributed by atoms with Crippen molar-refractivity contribution in [2.75, 3.05) is 6.61 Å². The van der Waals surface area contributed by atoms with Gasteiger partial charge >= 0.3 is 0 Å². The van der Waals surface area contributed by atoms with Crippen LogP contribution in [-0.2, 0) is 17.8 Å². The molecule has 1 aromatic heterocycles. The third-order valence-electron chi connectivity index (χ3n) is 5.16. The average Bonchev–Trinajstić information content (AvgIpc) is 3.12. The lowest BCUT2D eigenvalue weighted by atomic mass is 9.93. The summed E-state index contributed by atoms with van der Waals surface area (Å²) in [6.45, 7) is 2.80. The van der Waals surface area contributed by atoms with Gasteiger partial charge in [0.05, 0.1) is 18.8 Å². The van der Waals surface area contributed by atoms with Crippen LogP contribution in [0.4, 0.5) is 0 Å². The summed E-state index contributed by atoms with van der Waals surface area (Å²) in [6.07, 6.45) is 4.87. The van der Waals surface area contributed by atoms with E-state index in [9.17, 15) is 4.79 Å². The van der Waals surface area contributed by atoms with Crippen LogP contribution < -0.4 is 10.1 Å². The van der Waals surface area contributed by atoms with Gasteiger partial charge in [0.1, 0.15) is 5.75 Å². The molecule has 0 aliphatic heterocycles. The van der Waals surface area contributed by atoms with Gasteiger partial charge in [-0.25, -0.2) is 0 Å². The number of fused-ring (bicyclic) bond motifs is 1. The lowest BCUT2D eigenvalue weighted by Crippen LogP contribution is -2.34. The number of hydrogen-bond donors (Lipinski definition) is 1. The van der Waals surface area contributed by atoms with Crippen LogP contribution >= 0.6 is 0 Å². The Balaban J connectivity index is 1.39. The minimum Gasteiger partial charge on any atom is -0.484 e. The summed E-state index contributed by atoms with van der Waals surface area (Å²) in [4.78, 5) is 12.4. The van der Waals surface area contributed by atoms with E-state index in [1.807, 2.05) is 55.6 Å². The summed E-state index contributed by atoms with van der Waals surface area (Å²) in [5.74, 6) is 0.606. The highest BCUT2D eigenvalue weighted by molar-refractivity contribution is 5.78. The number of rotatable bonds is 6. The number of ether oxygens (including phenoxy) is 1. The molecule has 0 spiro atoms. The first-order chi connectivity index (χ1) is 13.7. The van der Waals surface area contributed by atoms with Gasteiger partial charge in [-0.15, -0.1) is 0 Å². The number of hydrogen-bond acceptors (Lipinski definition) is 3. The molecule has 0 fully saturated rings. The molecule has 2 aromatic carbocycles. The molecule has 0 saturated carbocycles. The Hall–Kier alpha value is -3.08. The number of aromatic nitrogens is 2. The van der Waals surface area contributed by atoms with Gasteiger partial charge in [-0.1, -0.05) is 48.0 Å². The Morgan fingerprint density at radius 1 is 1.18 bits per heavy atom. The molecule has 1 aliphatic rings. The maximum Gasteiger partial charge on any atom is 0.258 e. The normalized spacial score (nSPS) is 15.7. The Kier molecular flexibility index (Phi) is 5.42. The van der Waals surface area contributed by atoms with E-state index < -0.39 is 0 Å². The maximum absolute atomic E-state index is 12.4. The van der Waals surface area contributed by atoms with E-state index >= 15 is 0 Å². The second-order valence-corrected chi connectivity index (χ2v) is 7.30. The first-order valence-electron chi connectivity index (χ1n) is 9.76. The second-order valence-electron chi connectivity index (χ2n) is 7.30. The highest BCUT2D eigenvalue weighted by atomic mass is 16.5. The van der Waals surface area contributed by atoms with Gasteiger partial charge in [0.15, 0.2) is 6.61 Å². The van der Waals surface area contributed by atoms with Crippen molar-refractivity contribution >= 4 is 5.91 Å². The van der Waals surface area contributed by atoms with E-state index in [0.717, 1.165) is 31.4 Å². The number of carbonyl (C=O) groups excluding carboxylic acids is 1. The molecule has 1 heterocycles. The molecule has 1 atom stereocenters. The van der Waals surface area contributed by atoms with Crippen LogP contribution in [0.25, 0.3) is 0 Å². The smallest absolute Gasteiger partial charge is 0.258 e. The van der Waals surface area contributed by atoms with Crippen molar-refractivity contribution in [1.82, 2.24) is 15.1 Å². The second kappa shape index (κ2) is 8.30. The molecule has 144 valence electrons. The number of amides is 1. The molecule has 28 heavy (non-hydrogen) atoms. The summed E-state index contributed by atoms with van der Waals surface area (Å²) in [7, 11) is 0. The third kappa shape index (κ3) is 4.25. The summed E-state index contributed by atoms with van der Waals surface area (Å²) in [5, 5.41) is 7.70. The standard InChI is InChI=1S/C23H25N3O2/c1-17-10-12-19(13-11-17)28-16-23(27)25-21-8-5-9-22-20(21)14-24-26(22)15-18-6-3-2-4-7-18/h2-4,6-7,10-14,21H,5,8-9,15-16H2,1H3,(H,25,27). The molecule has 5 heteroatoms. The van der Waals surface area contributed by atoms with E-state index in [1.54, 1.807) is 0 Å². The van der Waals surface area contributed by atoms with Crippen LogP contribution in [0.15, 0.2) is 60.8 Å². The number of nitrogens with one attached hydrogen (secondary N) is 1. The van der Waals surface area contributed by atoms with Crippen LogP contribution in [-0.4, -0.2) is 22.3 Å². The van der Waals surface area contributed by atoms with Gasteiger partial charge in [-0.2, -0.15) is 5.10 Å². The van der Waals surface area contributed by atoms with E-state index in [1.165, 1.54) is 16.8 Å². The molecule has 1 N–H and O–H groups in total. The summed E-state index contributed by atoms with van der Waals surface area (Å²) in [6, 6.07) is 18.0. The largest absolute Gasteiger partial charge is 0.484 e. The van der Waals surface area contributed by atoms with Gasteiger partial charge in [0.25, 0.3) is 5.91 Å². The molecular weight excluding hydrogens is 350 g/mol. The monoisotopic (exact) mass is 375 g/mol. The van der Waals surface area contributed by atoms with E-state index in [2.05, 4.69) is 27.2 Å². The third-order valence-corrected chi connectivity index (χ3v) is 5.16. The lowest BCUT2D eigenvalue weighted by molar-refractivity contribution is -0.123. The lowest BCUT2D eigenvalue weighted by Gasteiger charge is -2.24. The zero-order valence-corrected chi connectivity index (χ0v) is 16.1. The molecule has 0 bridgehead atoms. The van der Waals surface area contributed by atoms with Gasteiger partial charge in [-0.05, 0) is 43.9 Å². The topological polar surface area (TPSA) is 56.1 Å². The Morgan fingerprint density at radius 2 is 1.96 bits per heavy atom. The Morgan fingerprint density at radius 3 is 2.75 bits per heavy atom. The van der Waals surface area contributed by atoms with Crippen LogP contribution in [0.1, 0.15) is 41.3 Å². The van der Waals surface area contributed by atoms with Crippen molar-refractivity contribution in [3.63, 3.8) is 0 Å². The van der Waals surface area contributed by atoms with E-state index in [-0.39, 0.29) is 18.6 Å². The van der Waals surface area contributed by atoms with Crippen molar-refractivity contribution in [1.29, 1.82) is 0 Å². The van der Waals surface area contributed by atoms with Crippen LogP contribution in [0.3, 0.4) is 0 Å². The fourth-order valence-corrected chi connectivity index (χ4v) is 3.68. The van der Waals surface area contributed by atoms with E-state index in [0.29, 0.717) is 5.75 Å². The molecule has 1 aliphatic carbocycles. The minimum absolute atomic E-state index is 0.00221. The zero-order valence-electron chi connectivity index (χ0n) is 16.1. The molecule has 1 unspecified atom stereocenters. The maximum atomic E-state index is 12.4. The predicted molar refractivity (Wildman–Crippen MR) is 108 cm³/mol. The Bertz CT molecular complexity index is 932. The molecule has 0 radical (unpaired) electrons. The highest BCUT2D eigenvalue weighted by Crippen LogP contribution is 2.30. The quantitative estimate of drug-likeness (QED) is 0.713. The van der Waals surface area contributed by atoms with Crippen LogP contribution in [0.2, 0.25) is 0 Å². The number of benzene rings is 2. The number of nitrogens with zero attached hydrogens (tertiary/aromatic N) is 2. The predicted octanol–water partition coefficient (Wildman–Crippen LogP) is 3.81. The molecule has 0 saturated heterocycles. The fourth-order valence-electron chi connectivity index (χ4n) is 3.68. The first-order valence-corrected chi connectivity index (χ1v) is 9.76. The highest BCUT2D eigenvalue weighted by Gasteiger charge is 2.25. The number of carbonyl (C=O) groups is 1.